The van der Waals surface area contributed by atoms with E-state index in [1.165, 1.54) is 10.9 Å². The zero-order valence-corrected chi connectivity index (χ0v) is 10.4. The van der Waals surface area contributed by atoms with Crippen molar-refractivity contribution < 1.29 is 0 Å². The van der Waals surface area contributed by atoms with Crippen LogP contribution in [0.4, 0.5) is 0 Å². The molecular formula is C15H18N2. The van der Waals surface area contributed by atoms with Gasteiger partial charge in [0.25, 0.3) is 0 Å². The molecule has 17 heavy (non-hydrogen) atoms. The Morgan fingerprint density at radius 2 is 2.12 bits per heavy atom. The molecule has 1 fully saturated rings. The predicted molar refractivity (Wildman–Crippen MR) is 70.8 cm³/mol. The molecular weight excluding hydrogens is 208 g/mol. The van der Waals surface area contributed by atoms with E-state index in [-0.39, 0.29) is 0 Å². The van der Waals surface area contributed by atoms with Crippen molar-refractivity contribution in [1.29, 1.82) is 0 Å². The molecule has 88 valence electrons. The summed E-state index contributed by atoms with van der Waals surface area (Å²) >= 11 is 0. The van der Waals surface area contributed by atoms with Crippen molar-refractivity contribution >= 4 is 10.9 Å². The summed E-state index contributed by atoms with van der Waals surface area (Å²) in [6.07, 6.45) is 1.84. The predicted octanol–water partition coefficient (Wildman–Crippen LogP) is 2.93. The summed E-state index contributed by atoms with van der Waals surface area (Å²) < 4.78 is 0. The Kier molecular flexibility index (Phi) is 2.23. The van der Waals surface area contributed by atoms with E-state index in [2.05, 4.69) is 43.1 Å². The van der Waals surface area contributed by atoms with Gasteiger partial charge < -0.3 is 5.73 Å². The molecule has 1 aromatic carbocycles. The lowest BCUT2D eigenvalue weighted by Gasteiger charge is -2.04. The van der Waals surface area contributed by atoms with Crippen LogP contribution in [0.5, 0.6) is 0 Å². The van der Waals surface area contributed by atoms with Gasteiger partial charge in [-0.25, -0.2) is 0 Å². The number of hydrogen-bond acceptors (Lipinski definition) is 2. The number of rotatable bonds is 2. The minimum absolute atomic E-state index is 0.352. The standard InChI is InChI=1S/C15H18N2/c1-15(2)12(9-16)14(15)11-5-6-13-10(8-11)4-3-7-17-13/h3-8,12,14H,9,16H2,1-2H3. The topological polar surface area (TPSA) is 38.9 Å². The molecule has 0 radical (unpaired) electrons. The van der Waals surface area contributed by atoms with Crippen LogP contribution in [0.1, 0.15) is 25.3 Å². The van der Waals surface area contributed by atoms with Crippen LogP contribution in [0.2, 0.25) is 0 Å². The summed E-state index contributed by atoms with van der Waals surface area (Å²) in [7, 11) is 0. The average molecular weight is 226 g/mol. The molecule has 2 unspecified atom stereocenters. The summed E-state index contributed by atoms with van der Waals surface area (Å²) in [6.45, 7) is 5.40. The Balaban J connectivity index is 2.03. The van der Waals surface area contributed by atoms with Crippen LogP contribution in [-0.4, -0.2) is 11.5 Å². The Morgan fingerprint density at radius 1 is 1.29 bits per heavy atom. The number of pyridine rings is 1. The average Bonchev–Trinajstić information content (AvgIpc) is 2.90. The first kappa shape index (κ1) is 10.7. The van der Waals surface area contributed by atoms with Crippen molar-refractivity contribution in [2.24, 2.45) is 17.1 Å². The number of benzene rings is 1. The maximum Gasteiger partial charge on any atom is 0.0702 e. The van der Waals surface area contributed by atoms with Gasteiger partial charge in [-0.2, -0.15) is 0 Å². The van der Waals surface area contributed by atoms with Gasteiger partial charge in [0.15, 0.2) is 0 Å². The molecule has 0 spiro atoms. The Bertz CT molecular complexity index is 560. The molecule has 2 atom stereocenters. The maximum absolute atomic E-state index is 5.84. The van der Waals surface area contributed by atoms with E-state index in [9.17, 15) is 0 Å². The van der Waals surface area contributed by atoms with Gasteiger partial charge in [0.1, 0.15) is 0 Å². The minimum atomic E-state index is 0.352. The van der Waals surface area contributed by atoms with Crippen molar-refractivity contribution in [3.8, 4) is 0 Å². The van der Waals surface area contributed by atoms with Crippen molar-refractivity contribution in [1.82, 2.24) is 4.98 Å². The summed E-state index contributed by atoms with van der Waals surface area (Å²) in [6, 6.07) is 10.7. The van der Waals surface area contributed by atoms with Gasteiger partial charge in [0, 0.05) is 11.6 Å². The van der Waals surface area contributed by atoms with Gasteiger partial charge in [-0.05, 0) is 47.6 Å². The van der Waals surface area contributed by atoms with Crippen LogP contribution in [0.3, 0.4) is 0 Å². The highest BCUT2D eigenvalue weighted by molar-refractivity contribution is 5.79. The highest BCUT2D eigenvalue weighted by Gasteiger charge is 2.57. The van der Waals surface area contributed by atoms with Crippen LogP contribution < -0.4 is 5.73 Å². The molecule has 2 N–H and O–H groups in total. The second-order valence-corrected chi connectivity index (χ2v) is 5.60. The van der Waals surface area contributed by atoms with E-state index in [0.717, 1.165) is 12.1 Å². The normalized spacial score (nSPS) is 26.1. The first-order valence-electron chi connectivity index (χ1n) is 6.19. The largest absolute Gasteiger partial charge is 0.330 e. The smallest absolute Gasteiger partial charge is 0.0702 e. The van der Waals surface area contributed by atoms with Gasteiger partial charge in [0.2, 0.25) is 0 Å². The van der Waals surface area contributed by atoms with E-state index in [0.29, 0.717) is 17.3 Å². The monoisotopic (exact) mass is 226 g/mol. The zero-order valence-electron chi connectivity index (χ0n) is 10.4. The summed E-state index contributed by atoms with van der Waals surface area (Å²) in [5.74, 6) is 1.23. The van der Waals surface area contributed by atoms with Crippen LogP contribution >= 0.6 is 0 Å². The fourth-order valence-electron chi connectivity index (χ4n) is 3.13. The Labute approximate surface area is 102 Å². The molecule has 2 heteroatoms. The van der Waals surface area contributed by atoms with E-state index in [1.807, 2.05) is 12.3 Å². The molecule has 1 saturated carbocycles. The number of nitrogens with zero attached hydrogens (tertiary/aromatic N) is 1. The molecule has 0 bridgehead atoms. The van der Waals surface area contributed by atoms with E-state index in [4.69, 9.17) is 5.73 Å². The van der Waals surface area contributed by atoms with Gasteiger partial charge in [-0.15, -0.1) is 0 Å². The van der Waals surface area contributed by atoms with E-state index < -0.39 is 0 Å². The van der Waals surface area contributed by atoms with Crippen LogP contribution in [-0.2, 0) is 0 Å². The lowest BCUT2D eigenvalue weighted by Crippen LogP contribution is -2.05. The molecule has 0 saturated heterocycles. The summed E-state index contributed by atoms with van der Waals surface area (Å²) in [5, 5.41) is 1.23. The van der Waals surface area contributed by atoms with Crippen LogP contribution in [0.15, 0.2) is 36.5 Å². The highest BCUT2D eigenvalue weighted by Crippen LogP contribution is 2.63. The summed E-state index contributed by atoms with van der Waals surface area (Å²) in [4.78, 5) is 4.35. The molecule has 0 aliphatic heterocycles. The van der Waals surface area contributed by atoms with Gasteiger partial charge in [0.05, 0.1) is 5.52 Å². The molecule has 0 amide bonds. The molecule has 2 aromatic rings. The molecule has 1 aliphatic rings. The summed E-state index contributed by atoms with van der Waals surface area (Å²) in [5.41, 5.74) is 8.67. The lowest BCUT2D eigenvalue weighted by atomic mass is 10.0. The Hall–Kier alpha value is -1.41. The highest BCUT2D eigenvalue weighted by atomic mass is 14.7. The van der Waals surface area contributed by atoms with E-state index >= 15 is 0 Å². The first-order valence-corrected chi connectivity index (χ1v) is 6.19. The fourth-order valence-corrected chi connectivity index (χ4v) is 3.13. The molecule has 1 aromatic heterocycles. The zero-order chi connectivity index (χ0) is 12.0. The number of aromatic nitrogens is 1. The second-order valence-electron chi connectivity index (χ2n) is 5.60. The van der Waals surface area contributed by atoms with Gasteiger partial charge in [-0.1, -0.05) is 26.0 Å². The minimum Gasteiger partial charge on any atom is -0.330 e. The van der Waals surface area contributed by atoms with Gasteiger partial charge in [-0.3, -0.25) is 4.98 Å². The van der Waals surface area contributed by atoms with Crippen molar-refractivity contribution in [3.63, 3.8) is 0 Å². The van der Waals surface area contributed by atoms with Gasteiger partial charge >= 0.3 is 0 Å². The number of fused-ring (bicyclic) bond motifs is 1. The SMILES string of the molecule is CC1(C)C(CN)C1c1ccc2ncccc2c1. The first-order chi connectivity index (χ1) is 8.14. The quantitative estimate of drug-likeness (QED) is 0.855. The lowest BCUT2D eigenvalue weighted by molar-refractivity contribution is 0.558. The third-order valence-electron chi connectivity index (χ3n) is 4.29. The molecule has 1 aliphatic carbocycles. The third-order valence-corrected chi connectivity index (χ3v) is 4.29. The number of nitrogens with two attached hydrogens (primary N) is 1. The number of hydrogen-bond donors (Lipinski definition) is 1. The third kappa shape index (κ3) is 1.55. The van der Waals surface area contributed by atoms with Crippen LogP contribution in [0.25, 0.3) is 10.9 Å². The van der Waals surface area contributed by atoms with E-state index in [1.54, 1.807) is 0 Å². The fraction of sp³-hybridized carbons (Fsp3) is 0.400. The van der Waals surface area contributed by atoms with Crippen LogP contribution in [0, 0.1) is 11.3 Å². The second kappa shape index (κ2) is 3.54. The maximum atomic E-state index is 5.84. The molecule has 3 rings (SSSR count). The Morgan fingerprint density at radius 3 is 2.82 bits per heavy atom. The van der Waals surface area contributed by atoms with Crippen molar-refractivity contribution in [3.05, 3.63) is 42.1 Å². The molecule has 1 heterocycles. The molecule has 2 nitrogen and oxygen atoms in total. The van der Waals surface area contributed by atoms with Crippen molar-refractivity contribution in [2.45, 2.75) is 19.8 Å². The van der Waals surface area contributed by atoms with Crippen molar-refractivity contribution in [2.75, 3.05) is 6.54 Å².